The molecule has 0 aromatic heterocycles. The number of amides is 1. The molecule has 6 atom stereocenters. The third-order valence-corrected chi connectivity index (χ3v) is 9.02. The molecule has 2 saturated carbocycles. The van der Waals surface area contributed by atoms with Crippen LogP contribution in [0.5, 0.6) is 5.75 Å². The van der Waals surface area contributed by atoms with Gasteiger partial charge in [0.05, 0.1) is 11.7 Å². The molecule has 6 N–H and O–H groups in total. The van der Waals surface area contributed by atoms with Gasteiger partial charge in [-0.05, 0) is 62.9 Å². The van der Waals surface area contributed by atoms with E-state index in [2.05, 4.69) is 11.5 Å². The third-order valence-electron chi connectivity index (χ3n) is 9.02. The predicted octanol–water partition coefficient (Wildman–Crippen LogP) is 0.281. The number of ketones is 2. The van der Waals surface area contributed by atoms with Crippen molar-refractivity contribution in [2.45, 2.75) is 49.9 Å². The van der Waals surface area contributed by atoms with Crippen LogP contribution in [0.3, 0.4) is 0 Å². The fourth-order valence-electron chi connectivity index (χ4n) is 7.20. The summed E-state index contributed by atoms with van der Waals surface area (Å²) in [5, 5.41) is 44.7. The van der Waals surface area contributed by atoms with Crippen LogP contribution in [0, 0.1) is 17.8 Å². The zero-order valence-electron chi connectivity index (χ0n) is 21.7. The molecule has 5 rings (SSSR count). The number of likely N-dealkylation sites (N-methyl/N-ethyl adjacent to an activating group) is 1. The number of carbonyl (C=O) groups is 3. The number of hydrogen-bond acceptors (Lipinski definition) is 9. The molecule has 3 fully saturated rings. The van der Waals surface area contributed by atoms with Gasteiger partial charge in [0.25, 0.3) is 0 Å². The summed E-state index contributed by atoms with van der Waals surface area (Å²) in [6, 6.07) is 2.34. The summed E-state index contributed by atoms with van der Waals surface area (Å²) in [6.45, 7) is 6.10. The van der Waals surface area contributed by atoms with Crippen molar-refractivity contribution in [3.63, 3.8) is 0 Å². The molecule has 10 heteroatoms. The third kappa shape index (κ3) is 3.69. The van der Waals surface area contributed by atoms with E-state index in [1.807, 2.05) is 0 Å². The van der Waals surface area contributed by atoms with Gasteiger partial charge in [-0.2, -0.15) is 0 Å². The molecule has 2 unspecified atom stereocenters. The van der Waals surface area contributed by atoms with Crippen LogP contribution in [0.15, 0.2) is 30.0 Å². The van der Waals surface area contributed by atoms with Crippen LogP contribution in [-0.2, 0) is 27.2 Å². The second-order valence-corrected chi connectivity index (χ2v) is 11.3. The molecule has 10 nitrogen and oxygen atoms in total. The smallest absolute Gasteiger partial charge is 0.230 e. The average molecular weight is 526 g/mol. The molecule has 0 bridgehead atoms. The minimum Gasteiger partial charge on any atom is -0.507 e. The number of aliphatic hydroxyl groups is 3. The predicted molar refractivity (Wildman–Crippen MR) is 138 cm³/mol. The van der Waals surface area contributed by atoms with Gasteiger partial charge >= 0.3 is 0 Å². The van der Waals surface area contributed by atoms with Crippen molar-refractivity contribution in [1.29, 1.82) is 0 Å². The molecule has 1 aliphatic heterocycles. The number of nitrogens with zero attached hydrogens (tertiary/aromatic N) is 2. The number of Topliss-reactive ketones (excluding diaryl/α,β-unsaturated/α-hetero) is 2. The van der Waals surface area contributed by atoms with Crippen molar-refractivity contribution in [1.82, 2.24) is 9.80 Å². The summed E-state index contributed by atoms with van der Waals surface area (Å²) in [7, 11) is 3.26. The summed E-state index contributed by atoms with van der Waals surface area (Å²) in [4.78, 5) is 43.2. The number of phenols is 1. The maximum absolute atomic E-state index is 13.9. The Balaban J connectivity index is 1.61. The first-order chi connectivity index (χ1) is 17.9. The van der Waals surface area contributed by atoms with E-state index in [9.17, 15) is 34.8 Å². The molecule has 38 heavy (non-hydrogen) atoms. The van der Waals surface area contributed by atoms with Crippen LogP contribution >= 0.6 is 0 Å². The second kappa shape index (κ2) is 9.21. The molecule has 0 spiro atoms. The van der Waals surface area contributed by atoms with Gasteiger partial charge in [-0.3, -0.25) is 14.4 Å². The summed E-state index contributed by atoms with van der Waals surface area (Å²) in [6.07, 6.45) is 1.59. The van der Waals surface area contributed by atoms with Crippen LogP contribution in [0.25, 0.3) is 5.76 Å². The average Bonchev–Trinajstić information content (AvgIpc) is 3.38. The van der Waals surface area contributed by atoms with Gasteiger partial charge in [0.2, 0.25) is 11.7 Å². The Kier molecular flexibility index (Phi) is 6.40. The monoisotopic (exact) mass is 525 g/mol. The summed E-state index contributed by atoms with van der Waals surface area (Å²) < 4.78 is 0. The standard InChI is InChI=1S/C28H35N3O7/c1-13(31-8-4-5-9-31)10-14-6-7-18(32)20-16(14)11-15-12-17-22(30(2)3)24(34)21(27(29)37)26(36)28(17,38)25(35)19(15)23(20)33/h6-7,15,17,21-22,24,32-34,38H,1,4-5,8-12H2,2-3H3,(H2,29,37)/t15-,17-,21?,22-,24?,28-/m1/s1. The normalized spacial score (nSPS) is 32.8. The van der Waals surface area contributed by atoms with Crippen molar-refractivity contribution in [3.05, 3.63) is 46.7 Å². The number of aromatic hydroxyl groups is 1. The topological polar surface area (TPSA) is 165 Å². The lowest BCUT2D eigenvalue weighted by Crippen LogP contribution is -2.73. The number of benzene rings is 1. The fourth-order valence-corrected chi connectivity index (χ4v) is 7.20. The number of phenolic OH excluding ortho intramolecular Hbond substituents is 1. The van der Waals surface area contributed by atoms with E-state index in [0.717, 1.165) is 37.2 Å². The van der Waals surface area contributed by atoms with Crippen molar-refractivity contribution in [3.8, 4) is 5.75 Å². The molecule has 4 aliphatic rings. The molecule has 1 saturated heterocycles. The summed E-state index contributed by atoms with van der Waals surface area (Å²) in [5.74, 6) is -7.39. The van der Waals surface area contributed by atoms with Gasteiger partial charge in [-0.1, -0.05) is 12.6 Å². The number of nitrogens with two attached hydrogens (primary N) is 1. The molecule has 1 aromatic carbocycles. The number of primary amides is 1. The molecule has 1 heterocycles. The first-order valence-corrected chi connectivity index (χ1v) is 13.0. The minimum absolute atomic E-state index is 0.0976. The van der Waals surface area contributed by atoms with E-state index in [1.54, 1.807) is 25.1 Å². The maximum atomic E-state index is 13.9. The number of allylic oxidation sites excluding steroid dienone is 1. The minimum atomic E-state index is -2.65. The molecule has 1 aromatic rings. The van der Waals surface area contributed by atoms with Gasteiger partial charge in [0, 0.05) is 42.7 Å². The maximum Gasteiger partial charge on any atom is 0.230 e. The van der Waals surface area contributed by atoms with E-state index in [0.29, 0.717) is 12.0 Å². The highest BCUT2D eigenvalue weighted by Gasteiger charge is 2.67. The Morgan fingerprint density at radius 2 is 1.87 bits per heavy atom. The lowest BCUT2D eigenvalue weighted by atomic mass is 9.54. The molecule has 0 radical (unpaired) electrons. The SMILES string of the molecule is C=C(Cc1ccc(O)c2c1C[C@@H]1C[C@@H]3[C@@H](N(C)C)C(O)C(C(N)=O)C(=O)[C@]3(O)C(=O)C1=C2O)N1CCCC1. The molecule has 1 amide bonds. The van der Waals surface area contributed by atoms with Gasteiger partial charge < -0.3 is 36.0 Å². The van der Waals surface area contributed by atoms with Gasteiger partial charge in [-0.25, -0.2) is 0 Å². The van der Waals surface area contributed by atoms with Gasteiger partial charge in [0.1, 0.15) is 17.4 Å². The van der Waals surface area contributed by atoms with Gasteiger partial charge in [-0.15, -0.1) is 0 Å². The molecular weight excluding hydrogens is 490 g/mol. The first kappa shape index (κ1) is 26.4. The molecular formula is C28H35N3O7. The summed E-state index contributed by atoms with van der Waals surface area (Å²) >= 11 is 0. The van der Waals surface area contributed by atoms with Crippen molar-refractivity contribution >= 4 is 23.2 Å². The Morgan fingerprint density at radius 1 is 1.21 bits per heavy atom. The number of fused-ring (bicyclic) bond motifs is 3. The zero-order chi connectivity index (χ0) is 27.7. The second-order valence-electron chi connectivity index (χ2n) is 11.3. The Hall–Kier alpha value is -3.21. The zero-order valence-corrected chi connectivity index (χ0v) is 21.7. The summed E-state index contributed by atoms with van der Waals surface area (Å²) in [5.41, 5.74) is 5.22. The van der Waals surface area contributed by atoms with Crippen molar-refractivity contribution < 1.29 is 34.8 Å². The largest absolute Gasteiger partial charge is 0.507 e. The number of carbonyl (C=O) groups excluding carboxylic acids is 3. The van der Waals surface area contributed by atoms with Crippen molar-refractivity contribution in [2.75, 3.05) is 27.2 Å². The highest BCUT2D eigenvalue weighted by atomic mass is 16.3. The van der Waals surface area contributed by atoms with E-state index >= 15 is 0 Å². The lowest BCUT2D eigenvalue weighted by Gasteiger charge is -2.53. The number of likely N-dealkylation sites (tertiary alicyclic amines) is 1. The van der Waals surface area contributed by atoms with E-state index in [1.165, 1.54) is 6.07 Å². The van der Waals surface area contributed by atoms with Crippen LogP contribution in [-0.4, -0.2) is 92.6 Å². The first-order valence-electron chi connectivity index (χ1n) is 13.0. The van der Waals surface area contributed by atoms with E-state index < -0.39 is 58.7 Å². The van der Waals surface area contributed by atoms with Crippen LogP contribution < -0.4 is 5.73 Å². The Morgan fingerprint density at radius 3 is 2.47 bits per heavy atom. The quantitative estimate of drug-likeness (QED) is 0.340. The van der Waals surface area contributed by atoms with Crippen molar-refractivity contribution in [2.24, 2.45) is 23.5 Å². The highest BCUT2D eigenvalue weighted by molar-refractivity contribution is 6.25. The number of aliphatic hydroxyl groups excluding tert-OH is 2. The highest BCUT2D eigenvalue weighted by Crippen LogP contribution is 2.52. The lowest BCUT2D eigenvalue weighted by molar-refractivity contribution is -0.184. The molecule has 3 aliphatic carbocycles. The van der Waals surface area contributed by atoms with E-state index in [-0.39, 0.29) is 29.7 Å². The van der Waals surface area contributed by atoms with Crippen LogP contribution in [0.1, 0.15) is 36.0 Å². The Bertz CT molecular complexity index is 1270. The van der Waals surface area contributed by atoms with Crippen LogP contribution in [0.4, 0.5) is 0 Å². The van der Waals surface area contributed by atoms with E-state index in [4.69, 9.17) is 5.73 Å². The fraction of sp³-hybridized carbons (Fsp3) is 0.536. The van der Waals surface area contributed by atoms with Crippen LogP contribution in [0.2, 0.25) is 0 Å². The molecule has 204 valence electrons. The Labute approximate surface area is 221 Å². The number of hydrogen-bond donors (Lipinski definition) is 5. The number of rotatable bonds is 5. The van der Waals surface area contributed by atoms with Gasteiger partial charge in [0.15, 0.2) is 11.4 Å².